The molecule has 1 N–H and O–H groups in total. The molecule has 0 spiro atoms. The fourth-order valence-electron chi connectivity index (χ4n) is 1.73. The minimum atomic E-state index is -3.23. The van der Waals surface area contributed by atoms with E-state index in [1.54, 1.807) is 13.8 Å². The molecule has 108 valence electrons. The average molecular weight is 285 g/mol. The van der Waals surface area contributed by atoms with Crippen LogP contribution in [0.2, 0.25) is 0 Å². The van der Waals surface area contributed by atoms with Crippen LogP contribution in [-0.4, -0.2) is 13.2 Å². The number of unbranched alkanes of at least 4 members (excludes halogenated alkanes) is 1. The summed E-state index contributed by atoms with van der Waals surface area (Å²) in [6.45, 7) is 6.45. The second-order valence-corrected chi connectivity index (χ2v) is 5.98. The Morgan fingerprint density at radius 2 is 1.63 bits per heavy atom. The third-order valence-corrected chi connectivity index (χ3v) is 4.37. The van der Waals surface area contributed by atoms with Crippen molar-refractivity contribution in [1.82, 2.24) is 0 Å². The largest absolute Gasteiger partial charge is 0.432 e. The summed E-state index contributed by atoms with van der Waals surface area (Å²) in [5.74, 6) is 0. The van der Waals surface area contributed by atoms with Crippen molar-refractivity contribution in [2.24, 2.45) is 0 Å². The van der Waals surface area contributed by atoms with Gasteiger partial charge in [0.2, 0.25) is 0 Å². The van der Waals surface area contributed by atoms with Crippen LogP contribution in [0.4, 0.5) is 5.69 Å². The number of rotatable bonds is 9. The summed E-state index contributed by atoms with van der Waals surface area (Å²) in [7, 11) is -3.23. The monoisotopic (exact) mass is 285 g/mol. The van der Waals surface area contributed by atoms with E-state index in [1.165, 1.54) is 18.4 Å². The topological polar surface area (TPSA) is 47.6 Å². The van der Waals surface area contributed by atoms with Crippen LogP contribution in [0.1, 0.15) is 39.2 Å². The van der Waals surface area contributed by atoms with E-state index in [9.17, 15) is 4.57 Å². The predicted octanol–water partition coefficient (Wildman–Crippen LogP) is 4.62. The van der Waals surface area contributed by atoms with Gasteiger partial charge in [-0.25, -0.2) is 4.57 Å². The molecule has 0 heterocycles. The van der Waals surface area contributed by atoms with Crippen LogP contribution in [0.25, 0.3) is 0 Å². The van der Waals surface area contributed by atoms with Crippen molar-refractivity contribution < 1.29 is 13.6 Å². The second-order valence-electron chi connectivity index (χ2n) is 4.25. The maximum Gasteiger partial charge on any atom is 0.432 e. The number of hydrogen-bond donors (Lipinski definition) is 1. The van der Waals surface area contributed by atoms with Gasteiger partial charge in [-0.05, 0) is 44.4 Å². The van der Waals surface area contributed by atoms with Crippen LogP contribution in [0.3, 0.4) is 0 Å². The number of benzene rings is 1. The number of nitrogens with one attached hydrogen (secondary N) is 1. The Morgan fingerprint density at radius 3 is 2.11 bits per heavy atom. The zero-order valence-corrected chi connectivity index (χ0v) is 12.9. The van der Waals surface area contributed by atoms with Crippen LogP contribution in [0, 0.1) is 0 Å². The molecule has 0 aliphatic rings. The van der Waals surface area contributed by atoms with Crippen LogP contribution in [0.5, 0.6) is 0 Å². The molecule has 0 bridgehead atoms. The van der Waals surface area contributed by atoms with Gasteiger partial charge < -0.3 is 0 Å². The quantitative estimate of drug-likeness (QED) is 0.672. The normalized spacial score (nSPS) is 11.5. The highest BCUT2D eigenvalue weighted by atomic mass is 31.2. The van der Waals surface area contributed by atoms with Gasteiger partial charge >= 0.3 is 7.75 Å². The lowest BCUT2D eigenvalue weighted by Gasteiger charge is -2.18. The average Bonchev–Trinajstić information content (AvgIpc) is 2.38. The van der Waals surface area contributed by atoms with Gasteiger partial charge in [0.1, 0.15) is 0 Å². The zero-order chi connectivity index (χ0) is 14.1. The molecule has 0 aromatic heterocycles. The third-order valence-electron chi connectivity index (χ3n) is 2.64. The van der Waals surface area contributed by atoms with E-state index in [0.717, 1.165) is 12.1 Å². The lowest BCUT2D eigenvalue weighted by Crippen LogP contribution is -2.05. The molecular formula is C14H24NO3P. The van der Waals surface area contributed by atoms with Gasteiger partial charge in [-0.15, -0.1) is 0 Å². The van der Waals surface area contributed by atoms with Gasteiger partial charge in [0.05, 0.1) is 13.2 Å². The highest BCUT2D eigenvalue weighted by Gasteiger charge is 2.23. The molecule has 0 unspecified atom stereocenters. The highest BCUT2D eigenvalue weighted by Crippen LogP contribution is 2.47. The molecule has 0 atom stereocenters. The molecule has 1 aromatic carbocycles. The molecule has 0 amide bonds. The van der Waals surface area contributed by atoms with E-state index < -0.39 is 7.75 Å². The standard InChI is InChI=1S/C14H24NO3P/c1-4-7-8-13-9-11-14(12-10-13)15-19(16,17-5-2)18-6-3/h9-12H,4-8H2,1-3H3,(H,15,16). The van der Waals surface area contributed by atoms with Gasteiger partial charge in [0.25, 0.3) is 0 Å². The highest BCUT2D eigenvalue weighted by molar-refractivity contribution is 7.55. The van der Waals surface area contributed by atoms with Crippen LogP contribution in [-0.2, 0) is 20.0 Å². The first kappa shape index (κ1) is 16.2. The Kier molecular flexibility index (Phi) is 7.14. The molecule has 0 aliphatic carbocycles. The Labute approximate surface area is 116 Å². The number of aryl methyl sites for hydroxylation is 1. The minimum absolute atomic E-state index is 0.346. The van der Waals surface area contributed by atoms with E-state index in [-0.39, 0.29) is 0 Å². The first-order valence-corrected chi connectivity index (χ1v) is 8.44. The van der Waals surface area contributed by atoms with E-state index >= 15 is 0 Å². The fraction of sp³-hybridized carbons (Fsp3) is 0.571. The van der Waals surface area contributed by atoms with Crippen LogP contribution >= 0.6 is 7.75 Å². The molecule has 1 rings (SSSR count). The van der Waals surface area contributed by atoms with Gasteiger partial charge in [-0.1, -0.05) is 25.5 Å². The molecule has 0 radical (unpaired) electrons. The molecular weight excluding hydrogens is 261 g/mol. The first-order valence-electron chi connectivity index (χ1n) is 6.89. The van der Waals surface area contributed by atoms with Gasteiger partial charge in [-0.3, -0.25) is 14.1 Å². The fourth-order valence-corrected chi connectivity index (χ4v) is 3.08. The van der Waals surface area contributed by atoms with Crippen molar-refractivity contribution >= 4 is 13.4 Å². The molecule has 0 aliphatic heterocycles. The van der Waals surface area contributed by atoms with Crippen molar-refractivity contribution in [3.8, 4) is 0 Å². The Hall–Kier alpha value is -0.830. The van der Waals surface area contributed by atoms with E-state index in [0.29, 0.717) is 13.2 Å². The SMILES string of the molecule is CCCCc1ccc(NP(=O)(OCC)OCC)cc1. The summed E-state index contributed by atoms with van der Waals surface area (Å²) in [6.07, 6.45) is 3.44. The molecule has 4 nitrogen and oxygen atoms in total. The number of anilines is 1. The van der Waals surface area contributed by atoms with Crippen molar-refractivity contribution in [1.29, 1.82) is 0 Å². The van der Waals surface area contributed by atoms with E-state index in [2.05, 4.69) is 12.0 Å². The third kappa shape index (κ3) is 5.77. The lowest BCUT2D eigenvalue weighted by atomic mass is 10.1. The first-order chi connectivity index (χ1) is 9.13. The number of hydrogen-bond acceptors (Lipinski definition) is 3. The molecule has 0 saturated heterocycles. The zero-order valence-electron chi connectivity index (χ0n) is 12.0. The van der Waals surface area contributed by atoms with Crippen molar-refractivity contribution in [2.45, 2.75) is 40.0 Å². The minimum Gasteiger partial charge on any atom is -0.293 e. The smallest absolute Gasteiger partial charge is 0.293 e. The maximum atomic E-state index is 12.3. The summed E-state index contributed by atoms with van der Waals surface area (Å²) in [5.41, 5.74) is 2.04. The molecule has 0 fully saturated rings. The summed E-state index contributed by atoms with van der Waals surface area (Å²) >= 11 is 0. The summed E-state index contributed by atoms with van der Waals surface area (Å²) < 4.78 is 22.7. The Balaban J connectivity index is 2.66. The Bertz CT molecular complexity index is 396. The van der Waals surface area contributed by atoms with Gasteiger partial charge in [0.15, 0.2) is 0 Å². The summed E-state index contributed by atoms with van der Waals surface area (Å²) in [5, 5.41) is 2.85. The van der Waals surface area contributed by atoms with E-state index in [4.69, 9.17) is 9.05 Å². The maximum absolute atomic E-state index is 12.3. The van der Waals surface area contributed by atoms with Gasteiger partial charge in [0, 0.05) is 5.69 Å². The van der Waals surface area contributed by atoms with Crippen molar-refractivity contribution in [3.63, 3.8) is 0 Å². The van der Waals surface area contributed by atoms with Crippen LogP contribution in [0.15, 0.2) is 24.3 Å². The second kappa shape index (κ2) is 8.36. The van der Waals surface area contributed by atoms with Crippen molar-refractivity contribution in [3.05, 3.63) is 29.8 Å². The molecule has 5 heteroatoms. The molecule has 19 heavy (non-hydrogen) atoms. The summed E-state index contributed by atoms with van der Waals surface area (Å²) in [4.78, 5) is 0. The van der Waals surface area contributed by atoms with Crippen LogP contribution < -0.4 is 5.09 Å². The van der Waals surface area contributed by atoms with Gasteiger partial charge in [-0.2, -0.15) is 0 Å². The van der Waals surface area contributed by atoms with E-state index in [1.807, 2.05) is 24.3 Å². The van der Waals surface area contributed by atoms with Crippen molar-refractivity contribution in [2.75, 3.05) is 18.3 Å². The predicted molar refractivity (Wildman–Crippen MR) is 79.5 cm³/mol. The molecule has 0 saturated carbocycles. The summed E-state index contributed by atoms with van der Waals surface area (Å²) in [6, 6.07) is 7.91. The Morgan fingerprint density at radius 1 is 1.05 bits per heavy atom. The molecule has 1 aromatic rings. The lowest BCUT2D eigenvalue weighted by molar-refractivity contribution is 0.225.